The summed E-state index contributed by atoms with van der Waals surface area (Å²) in [5.74, 6) is 0.105. The highest BCUT2D eigenvalue weighted by atomic mass is 35.5. The van der Waals surface area contributed by atoms with Crippen molar-refractivity contribution in [1.82, 2.24) is 5.32 Å². The first-order chi connectivity index (χ1) is 8.69. The molecule has 1 unspecified atom stereocenters. The number of aromatic hydroxyl groups is 1. The Labute approximate surface area is 123 Å². The number of hydrogen-bond acceptors (Lipinski definition) is 4. The zero-order valence-electron chi connectivity index (χ0n) is 11.2. The molecular formula is C13H19Cl2NO3. The van der Waals surface area contributed by atoms with Crippen molar-refractivity contribution in [2.45, 2.75) is 32.4 Å². The van der Waals surface area contributed by atoms with Gasteiger partial charge in [-0.25, -0.2) is 0 Å². The lowest BCUT2D eigenvalue weighted by Crippen LogP contribution is -2.42. The van der Waals surface area contributed by atoms with Crippen LogP contribution in [0.25, 0.3) is 0 Å². The Morgan fingerprint density at radius 1 is 1.32 bits per heavy atom. The molecule has 1 aromatic carbocycles. The summed E-state index contributed by atoms with van der Waals surface area (Å²) in [6, 6.07) is 2.82. The third-order valence-electron chi connectivity index (χ3n) is 2.28. The normalized spacial score (nSPS) is 13.4. The minimum Gasteiger partial charge on any atom is -0.506 e. The number of β-amino-alcohol motifs (C(OH)–C–C–N with tert-alkyl or cyclic N) is 1. The van der Waals surface area contributed by atoms with E-state index in [0.29, 0.717) is 11.6 Å². The van der Waals surface area contributed by atoms with Crippen LogP contribution in [0.15, 0.2) is 12.1 Å². The van der Waals surface area contributed by atoms with Gasteiger partial charge >= 0.3 is 0 Å². The minimum absolute atomic E-state index is 0.0581. The van der Waals surface area contributed by atoms with E-state index in [4.69, 9.17) is 27.9 Å². The third-order valence-corrected chi connectivity index (χ3v) is 2.88. The number of benzene rings is 1. The smallest absolute Gasteiger partial charge is 0.143 e. The van der Waals surface area contributed by atoms with E-state index in [2.05, 4.69) is 5.32 Å². The molecule has 108 valence electrons. The van der Waals surface area contributed by atoms with Crippen LogP contribution in [0.2, 0.25) is 10.0 Å². The number of aliphatic hydroxyl groups is 1. The molecule has 0 spiro atoms. The first-order valence-electron chi connectivity index (χ1n) is 5.93. The Bertz CT molecular complexity index is 433. The second kappa shape index (κ2) is 6.66. The van der Waals surface area contributed by atoms with Crippen molar-refractivity contribution in [2.24, 2.45) is 0 Å². The van der Waals surface area contributed by atoms with Gasteiger partial charge in [-0.05, 0) is 20.8 Å². The van der Waals surface area contributed by atoms with Gasteiger partial charge in [0.1, 0.15) is 29.2 Å². The molecule has 1 atom stereocenters. The summed E-state index contributed by atoms with van der Waals surface area (Å²) in [7, 11) is 0. The van der Waals surface area contributed by atoms with Crippen molar-refractivity contribution in [3.05, 3.63) is 22.2 Å². The number of ether oxygens (including phenoxy) is 1. The maximum absolute atomic E-state index is 9.78. The van der Waals surface area contributed by atoms with E-state index >= 15 is 0 Å². The highest BCUT2D eigenvalue weighted by molar-refractivity contribution is 6.35. The molecular weight excluding hydrogens is 289 g/mol. The molecule has 0 aliphatic heterocycles. The van der Waals surface area contributed by atoms with Gasteiger partial charge in [0.2, 0.25) is 0 Å². The van der Waals surface area contributed by atoms with Crippen LogP contribution < -0.4 is 10.1 Å². The maximum atomic E-state index is 9.78. The summed E-state index contributed by atoms with van der Waals surface area (Å²) in [4.78, 5) is 0. The predicted molar refractivity (Wildman–Crippen MR) is 77.4 cm³/mol. The van der Waals surface area contributed by atoms with Crippen LogP contribution in [0.1, 0.15) is 20.8 Å². The Hall–Kier alpha value is -0.680. The lowest BCUT2D eigenvalue weighted by atomic mass is 10.1. The largest absolute Gasteiger partial charge is 0.506 e. The molecule has 0 aliphatic carbocycles. The summed E-state index contributed by atoms with van der Waals surface area (Å²) in [5.41, 5.74) is -0.0764. The van der Waals surface area contributed by atoms with Crippen LogP contribution >= 0.6 is 23.2 Å². The topological polar surface area (TPSA) is 61.7 Å². The Morgan fingerprint density at radius 2 is 1.95 bits per heavy atom. The second-order valence-corrected chi connectivity index (χ2v) is 6.15. The Kier molecular flexibility index (Phi) is 5.74. The van der Waals surface area contributed by atoms with Crippen LogP contribution in [0.3, 0.4) is 0 Å². The first kappa shape index (κ1) is 16.4. The van der Waals surface area contributed by atoms with Crippen molar-refractivity contribution in [1.29, 1.82) is 0 Å². The molecule has 0 saturated carbocycles. The van der Waals surface area contributed by atoms with Gasteiger partial charge in [-0.2, -0.15) is 0 Å². The number of rotatable bonds is 5. The zero-order chi connectivity index (χ0) is 14.6. The highest BCUT2D eigenvalue weighted by Crippen LogP contribution is 2.36. The van der Waals surface area contributed by atoms with Crippen LogP contribution in [0.4, 0.5) is 0 Å². The fourth-order valence-corrected chi connectivity index (χ4v) is 1.69. The van der Waals surface area contributed by atoms with Gasteiger partial charge < -0.3 is 20.3 Å². The SMILES string of the molecule is CC(C)(C)NCC(O)COc1cc(Cl)cc(O)c1Cl. The number of phenolic OH excluding ortho intramolecular Hbond substituents is 1. The monoisotopic (exact) mass is 307 g/mol. The number of hydrogen-bond donors (Lipinski definition) is 3. The van der Waals surface area contributed by atoms with E-state index in [9.17, 15) is 10.2 Å². The Balaban J connectivity index is 2.53. The molecule has 0 heterocycles. The van der Waals surface area contributed by atoms with Gasteiger partial charge in [0.25, 0.3) is 0 Å². The first-order valence-corrected chi connectivity index (χ1v) is 6.68. The van der Waals surface area contributed by atoms with Crippen molar-refractivity contribution < 1.29 is 14.9 Å². The van der Waals surface area contributed by atoms with Crippen molar-refractivity contribution >= 4 is 23.2 Å². The number of nitrogens with one attached hydrogen (secondary N) is 1. The molecule has 6 heteroatoms. The van der Waals surface area contributed by atoms with E-state index in [1.54, 1.807) is 0 Å². The van der Waals surface area contributed by atoms with E-state index in [1.165, 1.54) is 12.1 Å². The van der Waals surface area contributed by atoms with Crippen molar-refractivity contribution in [3.63, 3.8) is 0 Å². The molecule has 0 amide bonds. The van der Waals surface area contributed by atoms with Crippen LogP contribution in [0.5, 0.6) is 11.5 Å². The minimum atomic E-state index is -0.684. The Morgan fingerprint density at radius 3 is 2.53 bits per heavy atom. The molecule has 1 aromatic rings. The standard InChI is InChI=1S/C13H19Cl2NO3/c1-13(2,3)16-6-9(17)7-19-11-5-8(14)4-10(18)12(11)15/h4-5,9,16-18H,6-7H2,1-3H3. The van der Waals surface area contributed by atoms with Crippen LogP contribution in [-0.2, 0) is 0 Å². The van der Waals surface area contributed by atoms with E-state index < -0.39 is 6.10 Å². The fraction of sp³-hybridized carbons (Fsp3) is 0.538. The molecule has 0 saturated heterocycles. The second-order valence-electron chi connectivity index (χ2n) is 5.33. The molecule has 0 fully saturated rings. The quantitative estimate of drug-likeness (QED) is 0.783. The van der Waals surface area contributed by atoms with Crippen LogP contribution in [0, 0.1) is 0 Å². The van der Waals surface area contributed by atoms with E-state index in [-0.39, 0.29) is 28.7 Å². The highest BCUT2D eigenvalue weighted by Gasteiger charge is 2.14. The van der Waals surface area contributed by atoms with Gasteiger partial charge in [-0.1, -0.05) is 23.2 Å². The molecule has 0 aliphatic rings. The van der Waals surface area contributed by atoms with Crippen LogP contribution in [-0.4, -0.2) is 35.0 Å². The number of halogens is 2. The number of aliphatic hydroxyl groups excluding tert-OH is 1. The molecule has 3 N–H and O–H groups in total. The maximum Gasteiger partial charge on any atom is 0.143 e. The average molecular weight is 308 g/mol. The summed E-state index contributed by atoms with van der Waals surface area (Å²) < 4.78 is 5.36. The zero-order valence-corrected chi connectivity index (χ0v) is 12.7. The molecule has 0 aromatic heterocycles. The van der Waals surface area contributed by atoms with Gasteiger partial charge in [0, 0.05) is 29.2 Å². The van der Waals surface area contributed by atoms with E-state index in [1.807, 2.05) is 20.8 Å². The van der Waals surface area contributed by atoms with Gasteiger partial charge in [-0.3, -0.25) is 0 Å². The lowest BCUT2D eigenvalue weighted by Gasteiger charge is -2.23. The average Bonchev–Trinajstić information content (AvgIpc) is 2.28. The summed E-state index contributed by atoms with van der Waals surface area (Å²) in [6.45, 7) is 6.47. The number of phenols is 1. The predicted octanol–water partition coefficient (Wildman–Crippen LogP) is 2.83. The summed E-state index contributed by atoms with van der Waals surface area (Å²) in [5, 5.41) is 22.8. The summed E-state index contributed by atoms with van der Waals surface area (Å²) >= 11 is 11.7. The van der Waals surface area contributed by atoms with Gasteiger partial charge in [0.15, 0.2) is 0 Å². The van der Waals surface area contributed by atoms with E-state index in [0.717, 1.165) is 0 Å². The van der Waals surface area contributed by atoms with Crippen molar-refractivity contribution in [2.75, 3.05) is 13.2 Å². The summed E-state index contributed by atoms with van der Waals surface area (Å²) in [6.07, 6.45) is -0.684. The van der Waals surface area contributed by atoms with Crippen molar-refractivity contribution in [3.8, 4) is 11.5 Å². The third kappa shape index (κ3) is 5.87. The van der Waals surface area contributed by atoms with Gasteiger partial charge in [-0.15, -0.1) is 0 Å². The fourth-order valence-electron chi connectivity index (χ4n) is 1.32. The molecule has 0 bridgehead atoms. The molecule has 4 nitrogen and oxygen atoms in total. The molecule has 1 rings (SSSR count). The molecule has 19 heavy (non-hydrogen) atoms. The molecule has 0 radical (unpaired) electrons. The lowest BCUT2D eigenvalue weighted by molar-refractivity contribution is 0.1000. The van der Waals surface area contributed by atoms with Gasteiger partial charge in [0.05, 0.1) is 0 Å².